The summed E-state index contributed by atoms with van der Waals surface area (Å²) in [6, 6.07) is 38.3. The van der Waals surface area contributed by atoms with Gasteiger partial charge in [0.05, 0.1) is 0 Å². The molecule has 0 N–H and O–H groups in total. The summed E-state index contributed by atoms with van der Waals surface area (Å²) in [4.78, 5) is 0. The van der Waals surface area contributed by atoms with E-state index in [0.717, 1.165) is 11.5 Å². The van der Waals surface area contributed by atoms with E-state index in [4.69, 9.17) is 3.63 Å². The van der Waals surface area contributed by atoms with E-state index in [0.29, 0.717) is 0 Å². The average Bonchev–Trinajstić information content (AvgIpc) is 2.81. The maximum atomic E-state index is 5.70. The highest BCUT2D eigenvalue weighted by Crippen LogP contribution is 2.26. The molecule has 3 heteroatoms. The van der Waals surface area contributed by atoms with Crippen molar-refractivity contribution in [1.82, 2.24) is 0 Å². The number of benzene rings is 4. The lowest BCUT2D eigenvalue weighted by molar-refractivity contribution is 0.755. The average molecular weight is 415 g/mol. The zero-order valence-electron chi connectivity index (χ0n) is 16.0. The zero-order chi connectivity index (χ0) is 19.7. The highest BCUT2D eigenvalue weighted by Gasteiger charge is 2.01. The van der Waals surface area contributed by atoms with Crippen LogP contribution in [0.4, 0.5) is 0 Å². The minimum absolute atomic E-state index is 0.842. The smallest absolute Gasteiger partial charge is 0.0461 e. The minimum Gasteiger partial charge on any atom is -0.247 e. The van der Waals surface area contributed by atoms with E-state index < -0.39 is 0 Å². The Morgan fingerprint density at radius 2 is 0.759 bits per heavy atom. The lowest BCUT2D eigenvalue weighted by atomic mass is 10.0. The van der Waals surface area contributed by atoms with Crippen LogP contribution in [0, 0.1) is 0 Å². The SMILES string of the molecule is c1ccc(-c2ccc(CSOSCc3ccc(-c4ccccc4)cc3)cc2)cc1. The largest absolute Gasteiger partial charge is 0.247 e. The Hall–Kier alpha value is -2.46. The lowest BCUT2D eigenvalue weighted by Crippen LogP contribution is -1.84. The molecule has 29 heavy (non-hydrogen) atoms. The molecule has 0 heterocycles. The van der Waals surface area contributed by atoms with Gasteiger partial charge in [-0.1, -0.05) is 109 Å². The van der Waals surface area contributed by atoms with Gasteiger partial charge < -0.3 is 0 Å². The van der Waals surface area contributed by atoms with Crippen molar-refractivity contribution in [3.63, 3.8) is 0 Å². The van der Waals surface area contributed by atoms with Crippen LogP contribution >= 0.6 is 24.1 Å². The highest BCUT2D eigenvalue weighted by atomic mass is 32.2. The number of hydrogen-bond donors (Lipinski definition) is 0. The minimum atomic E-state index is 0.842. The molecule has 0 radical (unpaired) electrons. The molecule has 0 aliphatic heterocycles. The summed E-state index contributed by atoms with van der Waals surface area (Å²) in [5, 5.41) is 0. The van der Waals surface area contributed by atoms with Crippen molar-refractivity contribution < 1.29 is 3.63 Å². The number of rotatable bonds is 8. The Labute approximate surface area is 181 Å². The van der Waals surface area contributed by atoms with Gasteiger partial charge in [-0.15, -0.1) is 0 Å². The molecule has 0 fully saturated rings. The molecular formula is C26H22OS2. The van der Waals surface area contributed by atoms with Crippen LogP contribution in [0.3, 0.4) is 0 Å². The quantitative estimate of drug-likeness (QED) is 0.213. The summed E-state index contributed by atoms with van der Waals surface area (Å²) in [5.41, 5.74) is 7.51. The van der Waals surface area contributed by atoms with Crippen molar-refractivity contribution in [3.05, 3.63) is 120 Å². The second kappa shape index (κ2) is 10.4. The Bertz CT molecular complexity index is 913. The topological polar surface area (TPSA) is 9.23 Å². The fourth-order valence-electron chi connectivity index (χ4n) is 3.07. The van der Waals surface area contributed by atoms with E-state index in [1.807, 2.05) is 12.1 Å². The molecule has 0 unspecified atom stereocenters. The molecule has 0 bridgehead atoms. The van der Waals surface area contributed by atoms with Crippen molar-refractivity contribution in [1.29, 1.82) is 0 Å². The molecule has 4 aromatic carbocycles. The van der Waals surface area contributed by atoms with Crippen molar-refractivity contribution in [2.45, 2.75) is 11.5 Å². The van der Waals surface area contributed by atoms with Crippen LogP contribution < -0.4 is 0 Å². The summed E-state index contributed by atoms with van der Waals surface area (Å²) >= 11 is 2.98. The fourth-order valence-corrected chi connectivity index (χ4v) is 4.38. The molecule has 0 saturated carbocycles. The Morgan fingerprint density at radius 3 is 1.14 bits per heavy atom. The third kappa shape index (κ3) is 5.77. The molecule has 0 amide bonds. The Balaban J connectivity index is 1.20. The lowest BCUT2D eigenvalue weighted by Gasteiger charge is -2.06. The third-order valence-corrected chi connectivity index (χ3v) is 6.34. The van der Waals surface area contributed by atoms with Gasteiger partial charge in [0.2, 0.25) is 0 Å². The first-order valence-corrected chi connectivity index (χ1v) is 11.4. The monoisotopic (exact) mass is 414 g/mol. The zero-order valence-corrected chi connectivity index (χ0v) is 17.7. The number of hydrogen-bond acceptors (Lipinski definition) is 3. The van der Waals surface area contributed by atoms with Gasteiger partial charge in [0.25, 0.3) is 0 Å². The van der Waals surface area contributed by atoms with Crippen LogP contribution in [0.25, 0.3) is 22.3 Å². The van der Waals surface area contributed by atoms with Gasteiger partial charge in [0, 0.05) is 35.6 Å². The maximum absolute atomic E-state index is 5.70. The first-order valence-electron chi connectivity index (χ1n) is 9.58. The molecule has 0 aliphatic rings. The van der Waals surface area contributed by atoms with Crippen LogP contribution in [-0.4, -0.2) is 0 Å². The summed E-state index contributed by atoms with van der Waals surface area (Å²) < 4.78 is 5.70. The van der Waals surface area contributed by atoms with Gasteiger partial charge in [-0.2, -0.15) is 0 Å². The van der Waals surface area contributed by atoms with E-state index >= 15 is 0 Å². The maximum Gasteiger partial charge on any atom is 0.0461 e. The summed E-state index contributed by atoms with van der Waals surface area (Å²) in [7, 11) is 0. The predicted molar refractivity (Wildman–Crippen MR) is 127 cm³/mol. The molecule has 0 atom stereocenters. The van der Waals surface area contributed by atoms with Gasteiger partial charge in [-0.3, -0.25) is 0 Å². The second-order valence-corrected chi connectivity index (χ2v) is 8.31. The van der Waals surface area contributed by atoms with E-state index in [2.05, 4.69) is 97.1 Å². The van der Waals surface area contributed by atoms with Crippen molar-refractivity contribution in [2.24, 2.45) is 0 Å². The van der Waals surface area contributed by atoms with Gasteiger partial charge in [-0.05, 0) is 33.4 Å². The van der Waals surface area contributed by atoms with E-state index in [1.54, 1.807) is 0 Å². The second-order valence-electron chi connectivity index (χ2n) is 6.72. The molecule has 144 valence electrons. The van der Waals surface area contributed by atoms with Gasteiger partial charge >= 0.3 is 0 Å². The molecule has 0 aromatic heterocycles. The van der Waals surface area contributed by atoms with E-state index in [-0.39, 0.29) is 0 Å². The summed E-state index contributed by atoms with van der Waals surface area (Å²) in [6.45, 7) is 0. The summed E-state index contributed by atoms with van der Waals surface area (Å²) in [5.74, 6) is 1.68. The normalized spacial score (nSPS) is 10.8. The van der Waals surface area contributed by atoms with Crippen molar-refractivity contribution in [2.75, 3.05) is 0 Å². The van der Waals surface area contributed by atoms with Crippen molar-refractivity contribution in [3.8, 4) is 22.3 Å². The van der Waals surface area contributed by atoms with E-state index in [1.165, 1.54) is 57.5 Å². The Morgan fingerprint density at radius 1 is 0.414 bits per heavy atom. The standard InChI is InChI=1S/C26H22OS2/c1-3-7-23(8-4-1)25-15-11-21(12-16-25)19-28-27-29-20-22-13-17-26(18-14-22)24-9-5-2-6-10-24/h1-18H,19-20H2. The molecule has 4 aromatic rings. The van der Waals surface area contributed by atoms with Crippen molar-refractivity contribution >= 4 is 24.1 Å². The molecule has 0 aliphatic carbocycles. The van der Waals surface area contributed by atoms with Crippen LogP contribution in [0.2, 0.25) is 0 Å². The van der Waals surface area contributed by atoms with E-state index in [9.17, 15) is 0 Å². The first-order chi connectivity index (χ1) is 14.4. The van der Waals surface area contributed by atoms with Gasteiger partial charge in [0.1, 0.15) is 0 Å². The van der Waals surface area contributed by atoms with Crippen LogP contribution in [0.5, 0.6) is 0 Å². The van der Waals surface area contributed by atoms with Gasteiger partial charge in [-0.25, -0.2) is 3.63 Å². The molecule has 4 rings (SSSR count). The van der Waals surface area contributed by atoms with Crippen LogP contribution in [-0.2, 0) is 15.1 Å². The fraction of sp³-hybridized carbons (Fsp3) is 0.0769. The predicted octanol–water partition coefficient (Wildman–Crippen LogP) is 8.03. The molecule has 0 spiro atoms. The van der Waals surface area contributed by atoms with Crippen LogP contribution in [0.1, 0.15) is 11.1 Å². The summed E-state index contributed by atoms with van der Waals surface area (Å²) in [6.07, 6.45) is 0. The molecule has 1 nitrogen and oxygen atoms in total. The molecular weight excluding hydrogens is 392 g/mol. The van der Waals surface area contributed by atoms with Gasteiger partial charge in [0.15, 0.2) is 0 Å². The molecule has 0 saturated heterocycles. The Kier molecular flexibility index (Phi) is 7.08. The first kappa shape index (κ1) is 19.8. The third-order valence-electron chi connectivity index (χ3n) is 4.67. The highest BCUT2D eigenvalue weighted by molar-refractivity contribution is 8.07. The van der Waals surface area contributed by atoms with Crippen LogP contribution in [0.15, 0.2) is 109 Å².